The first-order valence-corrected chi connectivity index (χ1v) is 6.94. The van der Waals surface area contributed by atoms with Gasteiger partial charge >= 0.3 is 5.97 Å². The fraction of sp³-hybridized carbons (Fsp3) is 0.333. The highest BCUT2D eigenvalue weighted by molar-refractivity contribution is 5.77. The number of rotatable bonds is 4. The van der Waals surface area contributed by atoms with Crippen LogP contribution in [0.15, 0.2) is 24.5 Å². The molecule has 0 aromatic carbocycles. The van der Waals surface area contributed by atoms with Crippen molar-refractivity contribution in [2.45, 2.75) is 32.2 Å². The summed E-state index contributed by atoms with van der Waals surface area (Å²) in [5.74, 6) is 0.318. The lowest BCUT2D eigenvalue weighted by molar-refractivity contribution is -0.137. The van der Waals surface area contributed by atoms with Crippen LogP contribution in [-0.4, -0.2) is 32.1 Å². The van der Waals surface area contributed by atoms with E-state index in [4.69, 9.17) is 5.11 Å². The minimum absolute atomic E-state index is 0.587. The van der Waals surface area contributed by atoms with Crippen LogP contribution in [0, 0.1) is 0 Å². The number of carboxylic acids is 1. The maximum absolute atomic E-state index is 11.0. The van der Waals surface area contributed by atoms with Crippen molar-refractivity contribution in [3.63, 3.8) is 0 Å². The van der Waals surface area contributed by atoms with Gasteiger partial charge in [-0.15, -0.1) is 0 Å². The molecule has 0 bridgehead atoms. The van der Waals surface area contributed by atoms with E-state index in [1.54, 1.807) is 19.3 Å². The number of nitrogens with one attached hydrogen (secondary N) is 1. The first kappa shape index (κ1) is 13.5. The number of carboxylic acid groups (broad SMARTS) is 1. The Morgan fingerprint density at radius 2 is 2.24 bits per heavy atom. The second-order valence-corrected chi connectivity index (χ2v) is 5.12. The van der Waals surface area contributed by atoms with Gasteiger partial charge in [-0.2, -0.15) is 0 Å². The van der Waals surface area contributed by atoms with Crippen molar-refractivity contribution >= 4 is 11.8 Å². The summed E-state index contributed by atoms with van der Waals surface area (Å²) < 4.78 is 0. The van der Waals surface area contributed by atoms with Crippen LogP contribution in [0.2, 0.25) is 0 Å². The van der Waals surface area contributed by atoms with Gasteiger partial charge in [0.15, 0.2) is 5.82 Å². The molecule has 0 fully saturated rings. The number of carbonyl (C=O) groups is 1. The number of hydrogen-bond donors (Lipinski definition) is 2. The molecule has 2 N–H and O–H groups in total. The van der Waals surface area contributed by atoms with Gasteiger partial charge in [0.05, 0.1) is 0 Å². The van der Waals surface area contributed by atoms with Crippen LogP contribution >= 0.6 is 0 Å². The first-order chi connectivity index (χ1) is 10.1. The molecule has 0 radical (unpaired) electrons. The molecule has 1 aliphatic rings. The zero-order valence-electron chi connectivity index (χ0n) is 11.7. The second-order valence-electron chi connectivity index (χ2n) is 5.12. The zero-order chi connectivity index (χ0) is 14.8. The van der Waals surface area contributed by atoms with Gasteiger partial charge in [-0.1, -0.05) is 0 Å². The highest BCUT2D eigenvalue weighted by Gasteiger charge is 2.22. The van der Waals surface area contributed by atoms with Crippen LogP contribution in [0.25, 0.3) is 11.4 Å². The average Bonchev–Trinajstić information content (AvgIpc) is 2.96. The van der Waals surface area contributed by atoms with Gasteiger partial charge in [-0.3, -0.25) is 9.78 Å². The number of anilines is 1. The van der Waals surface area contributed by atoms with E-state index in [1.165, 1.54) is 0 Å². The Labute approximate surface area is 122 Å². The van der Waals surface area contributed by atoms with Crippen molar-refractivity contribution in [1.29, 1.82) is 0 Å². The number of hydrogen-bond acceptors (Lipinski definition) is 5. The maximum atomic E-state index is 11.0. The normalized spacial score (nSPS) is 14.5. The average molecular weight is 284 g/mol. The molecule has 0 saturated heterocycles. The quantitative estimate of drug-likeness (QED) is 0.891. The number of pyridine rings is 1. The van der Waals surface area contributed by atoms with E-state index in [0.717, 1.165) is 36.1 Å². The lowest BCUT2D eigenvalue weighted by Gasteiger charge is -2.14. The van der Waals surface area contributed by atoms with E-state index in [2.05, 4.69) is 20.3 Å². The molecule has 0 amide bonds. The summed E-state index contributed by atoms with van der Waals surface area (Å²) in [7, 11) is 0. The van der Waals surface area contributed by atoms with E-state index < -0.39 is 12.0 Å². The van der Waals surface area contributed by atoms with Crippen LogP contribution in [0.4, 0.5) is 5.82 Å². The third kappa shape index (κ3) is 2.69. The molecule has 1 aliphatic carbocycles. The summed E-state index contributed by atoms with van der Waals surface area (Å²) in [4.78, 5) is 24.2. The minimum atomic E-state index is -0.900. The molecule has 0 spiro atoms. The predicted molar refractivity (Wildman–Crippen MR) is 78.0 cm³/mol. The number of aliphatic carboxylic acids is 1. The molecule has 3 rings (SSSR count). The molecule has 2 aromatic rings. The third-order valence-corrected chi connectivity index (χ3v) is 3.58. The van der Waals surface area contributed by atoms with Crippen LogP contribution in [0.1, 0.15) is 24.6 Å². The maximum Gasteiger partial charge on any atom is 0.325 e. The van der Waals surface area contributed by atoms with Gasteiger partial charge in [0.1, 0.15) is 11.9 Å². The predicted octanol–water partition coefficient (Wildman–Crippen LogP) is 1.91. The third-order valence-electron chi connectivity index (χ3n) is 3.58. The lowest BCUT2D eigenvalue weighted by Crippen LogP contribution is -2.26. The Morgan fingerprint density at radius 3 is 2.95 bits per heavy atom. The Kier molecular flexibility index (Phi) is 3.51. The highest BCUT2D eigenvalue weighted by Crippen LogP contribution is 2.29. The van der Waals surface area contributed by atoms with E-state index >= 15 is 0 Å². The van der Waals surface area contributed by atoms with E-state index in [-0.39, 0.29) is 0 Å². The van der Waals surface area contributed by atoms with Crippen molar-refractivity contribution in [3.05, 3.63) is 35.8 Å². The Hall–Kier alpha value is -2.50. The van der Waals surface area contributed by atoms with Crippen LogP contribution < -0.4 is 5.32 Å². The summed E-state index contributed by atoms with van der Waals surface area (Å²) in [6, 6.07) is 3.04. The van der Waals surface area contributed by atoms with Crippen molar-refractivity contribution in [3.8, 4) is 11.4 Å². The molecule has 6 heteroatoms. The molecule has 6 nitrogen and oxygen atoms in total. The summed E-state index contributed by atoms with van der Waals surface area (Å²) in [6.45, 7) is 1.61. The summed E-state index contributed by atoms with van der Waals surface area (Å²) >= 11 is 0. The Bertz CT molecular complexity index is 673. The van der Waals surface area contributed by atoms with Gasteiger partial charge in [-0.05, 0) is 38.3 Å². The van der Waals surface area contributed by atoms with Gasteiger partial charge in [-0.25, -0.2) is 9.97 Å². The van der Waals surface area contributed by atoms with Gasteiger partial charge < -0.3 is 10.4 Å². The molecule has 2 aromatic heterocycles. The molecule has 108 valence electrons. The fourth-order valence-corrected chi connectivity index (χ4v) is 2.44. The van der Waals surface area contributed by atoms with Crippen molar-refractivity contribution in [2.24, 2.45) is 0 Å². The van der Waals surface area contributed by atoms with Crippen molar-refractivity contribution in [2.75, 3.05) is 5.32 Å². The standard InChI is InChI=1S/C15H16N4O2/c1-9(15(20)21)17-14-11-5-2-6-12(11)18-13(19-14)10-4-3-7-16-8-10/h3-4,7-9H,2,5-6H2,1H3,(H,20,21)(H,17,18,19)/t9-/m0/s1. The van der Waals surface area contributed by atoms with Crippen LogP contribution in [0.5, 0.6) is 0 Å². The Morgan fingerprint density at radius 1 is 1.38 bits per heavy atom. The number of aromatic nitrogens is 3. The van der Waals surface area contributed by atoms with Crippen LogP contribution in [-0.2, 0) is 17.6 Å². The molecule has 2 heterocycles. The second kappa shape index (κ2) is 5.47. The van der Waals surface area contributed by atoms with E-state index in [9.17, 15) is 4.79 Å². The number of fused-ring (bicyclic) bond motifs is 1. The molecule has 1 atom stereocenters. The van der Waals surface area contributed by atoms with E-state index in [1.807, 2.05) is 12.1 Å². The monoisotopic (exact) mass is 284 g/mol. The minimum Gasteiger partial charge on any atom is -0.480 e. The molecule has 0 unspecified atom stereocenters. The number of nitrogens with zero attached hydrogens (tertiary/aromatic N) is 3. The Balaban J connectivity index is 2.03. The summed E-state index contributed by atoms with van der Waals surface area (Å²) in [6.07, 6.45) is 6.22. The van der Waals surface area contributed by atoms with Gasteiger partial charge in [0.2, 0.25) is 0 Å². The highest BCUT2D eigenvalue weighted by atomic mass is 16.4. The van der Waals surface area contributed by atoms with Crippen molar-refractivity contribution < 1.29 is 9.90 Å². The molecular weight excluding hydrogens is 268 g/mol. The largest absolute Gasteiger partial charge is 0.480 e. The molecule has 0 saturated carbocycles. The fourth-order valence-electron chi connectivity index (χ4n) is 2.44. The zero-order valence-corrected chi connectivity index (χ0v) is 11.7. The molecule has 21 heavy (non-hydrogen) atoms. The van der Waals surface area contributed by atoms with Gasteiger partial charge in [0, 0.05) is 29.2 Å². The van der Waals surface area contributed by atoms with Crippen LogP contribution in [0.3, 0.4) is 0 Å². The van der Waals surface area contributed by atoms with Gasteiger partial charge in [0.25, 0.3) is 0 Å². The smallest absolute Gasteiger partial charge is 0.325 e. The lowest BCUT2D eigenvalue weighted by atomic mass is 10.2. The molecular formula is C15H16N4O2. The SMILES string of the molecule is C[C@H](Nc1nc(-c2cccnc2)nc2c1CCC2)C(=O)O. The topological polar surface area (TPSA) is 88.0 Å². The summed E-state index contributed by atoms with van der Waals surface area (Å²) in [5.41, 5.74) is 2.87. The first-order valence-electron chi connectivity index (χ1n) is 6.94. The summed E-state index contributed by atoms with van der Waals surface area (Å²) in [5, 5.41) is 12.0. The number of aryl methyl sites for hydroxylation is 1. The van der Waals surface area contributed by atoms with E-state index in [0.29, 0.717) is 11.6 Å². The molecule has 0 aliphatic heterocycles. The van der Waals surface area contributed by atoms with Crippen molar-refractivity contribution in [1.82, 2.24) is 15.0 Å².